The monoisotopic (exact) mass is 561 g/mol. The van der Waals surface area contributed by atoms with Crippen LogP contribution in [-0.2, 0) is 9.53 Å². The molecular weight excluding hydrogens is 534 g/mol. The van der Waals surface area contributed by atoms with Gasteiger partial charge in [-0.2, -0.15) is 5.10 Å². The van der Waals surface area contributed by atoms with Gasteiger partial charge in [0.1, 0.15) is 5.15 Å². The molecule has 5 rings (SSSR count). The van der Waals surface area contributed by atoms with Crippen molar-refractivity contribution in [3.8, 4) is 5.69 Å². The summed E-state index contributed by atoms with van der Waals surface area (Å²) in [5, 5.41) is 5.00. The Balaban J connectivity index is 1.69. The molecule has 1 aliphatic rings. The first-order chi connectivity index (χ1) is 18.7. The summed E-state index contributed by atoms with van der Waals surface area (Å²) in [7, 11) is 3.92. The van der Waals surface area contributed by atoms with E-state index in [1.54, 1.807) is 29.2 Å². The number of aromatic nitrogens is 3. The second kappa shape index (κ2) is 10.7. The third kappa shape index (κ3) is 4.84. The van der Waals surface area contributed by atoms with Crippen LogP contribution in [0.5, 0.6) is 0 Å². The zero-order chi connectivity index (χ0) is 27.8. The number of benzene rings is 2. The van der Waals surface area contributed by atoms with E-state index in [4.69, 9.17) is 16.3 Å². The van der Waals surface area contributed by atoms with Crippen molar-refractivity contribution in [1.82, 2.24) is 14.3 Å². The molecule has 39 heavy (non-hydrogen) atoms. The maximum absolute atomic E-state index is 13.9. The molecule has 10 heteroatoms. The molecule has 1 aliphatic heterocycles. The van der Waals surface area contributed by atoms with Crippen LogP contribution >= 0.6 is 22.9 Å². The van der Waals surface area contributed by atoms with E-state index >= 15 is 0 Å². The molecule has 2 aromatic carbocycles. The molecule has 2 aromatic heterocycles. The number of carbonyl (C=O) groups excluding carboxylic acids is 1. The zero-order valence-corrected chi connectivity index (χ0v) is 23.9. The second-order valence-electron chi connectivity index (χ2n) is 9.33. The maximum Gasteiger partial charge on any atom is 0.338 e. The van der Waals surface area contributed by atoms with Crippen molar-refractivity contribution >= 4 is 40.7 Å². The van der Waals surface area contributed by atoms with Gasteiger partial charge < -0.3 is 9.64 Å². The van der Waals surface area contributed by atoms with Crippen LogP contribution in [0.3, 0.4) is 0 Å². The quantitative estimate of drug-likeness (QED) is 0.332. The number of thiazole rings is 1. The number of hydrogen-bond donors (Lipinski definition) is 0. The number of fused-ring (bicyclic) bond motifs is 1. The minimum Gasteiger partial charge on any atom is -0.463 e. The Labute approximate surface area is 234 Å². The van der Waals surface area contributed by atoms with Gasteiger partial charge in [-0.1, -0.05) is 53.3 Å². The Morgan fingerprint density at radius 2 is 1.82 bits per heavy atom. The summed E-state index contributed by atoms with van der Waals surface area (Å²) >= 11 is 8.00. The molecule has 3 heterocycles. The van der Waals surface area contributed by atoms with Crippen LogP contribution in [0.1, 0.15) is 36.7 Å². The van der Waals surface area contributed by atoms with Crippen molar-refractivity contribution in [3.05, 3.63) is 108 Å². The SMILES string of the molecule is CCOC(=O)C1=C(C)N=c2sc(=Cc3c(C)nn(-c4ccccc4)c3Cl)c(=O)n2[C@@H]1c1ccc(N(C)C)cc1. The molecule has 8 nitrogen and oxygen atoms in total. The average Bonchev–Trinajstić information content (AvgIpc) is 3.38. The summed E-state index contributed by atoms with van der Waals surface area (Å²) in [4.78, 5) is 34.2. The number of carbonyl (C=O) groups is 1. The highest BCUT2D eigenvalue weighted by molar-refractivity contribution is 7.07. The summed E-state index contributed by atoms with van der Waals surface area (Å²) in [6.07, 6.45) is 1.75. The van der Waals surface area contributed by atoms with Gasteiger partial charge in [-0.05, 0) is 56.7 Å². The lowest BCUT2D eigenvalue weighted by molar-refractivity contribution is -0.139. The molecule has 0 saturated carbocycles. The average molecular weight is 562 g/mol. The van der Waals surface area contributed by atoms with Gasteiger partial charge in [0.05, 0.1) is 39.8 Å². The molecule has 0 N–H and O–H groups in total. The molecule has 200 valence electrons. The zero-order valence-electron chi connectivity index (χ0n) is 22.3. The number of halogens is 1. The first-order valence-corrected chi connectivity index (χ1v) is 13.7. The van der Waals surface area contributed by atoms with Gasteiger partial charge >= 0.3 is 5.97 Å². The van der Waals surface area contributed by atoms with Crippen molar-refractivity contribution in [3.63, 3.8) is 0 Å². The number of aryl methyl sites for hydroxylation is 1. The molecule has 0 radical (unpaired) electrons. The molecule has 0 fully saturated rings. The van der Waals surface area contributed by atoms with Crippen LogP contribution in [0.15, 0.2) is 75.7 Å². The number of hydrogen-bond acceptors (Lipinski definition) is 7. The van der Waals surface area contributed by atoms with E-state index in [1.165, 1.54) is 11.3 Å². The lowest BCUT2D eigenvalue weighted by Gasteiger charge is -2.25. The number of rotatable bonds is 6. The van der Waals surface area contributed by atoms with Gasteiger partial charge in [0.25, 0.3) is 5.56 Å². The van der Waals surface area contributed by atoms with E-state index in [9.17, 15) is 9.59 Å². The highest BCUT2D eigenvalue weighted by atomic mass is 35.5. The lowest BCUT2D eigenvalue weighted by Crippen LogP contribution is -2.40. The molecule has 0 aliphatic carbocycles. The molecular formula is C29H28ClN5O3S. The van der Waals surface area contributed by atoms with Crippen LogP contribution in [0.2, 0.25) is 5.15 Å². The molecule has 0 saturated heterocycles. The minimum atomic E-state index is -0.678. The fourth-order valence-electron chi connectivity index (χ4n) is 4.61. The van der Waals surface area contributed by atoms with Gasteiger partial charge in [-0.3, -0.25) is 9.36 Å². The molecule has 1 atom stereocenters. The van der Waals surface area contributed by atoms with Crippen molar-refractivity contribution in [2.24, 2.45) is 4.99 Å². The summed E-state index contributed by atoms with van der Waals surface area (Å²) in [5.74, 6) is -0.488. The number of esters is 1. The fraction of sp³-hybridized carbons (Fsp3) is 0.241. The smallest absolute Gasteiger partial charge is 0.338 e. The largest absolute Gasteiger partial charge is 0.463 e. The number of anilines is 1. The number of para-hydroxylation sites is 1. The number of ether oxygens (including phenoxy) is 1. The van der Waals surface area contributed by atoms with Crippen LogP contribution < -0.4 is 19.8 Å². The molecule has 0 spiro atoms. The van der Waals surface area contributed by atoms with Crippen LogP contribution in [-0.4, -0.2) is 41.0 Å². The van der Waals surface area contributed by atoms with E-state index in [0.29, 0.717) is 37.0 Å². The van der Waals surface area contributed by atoms with Crippen molar-refractivity contribution in [2.75, 3.05) is 25.6 Å². The van der Waals surface area contributed by atoms with Crippen molar-refractivity contribution < 1.29 is 9.53 Å². The van der Waals surface area contributed by atoms with E-state index < -0.39 is 12.0 Å². The van der Waals surface area contributed by atoms with Gasteiger partial charge in [0, 0.05) is 25.3 Å². The van der Waals surface area contributed by atoms with Gasteiger partial charge in [0.15, 0.2) is 4.80 Å². The molecule has 0 amide bonds. The predicted molar refractivity (Wildman–Crippen MR) is 154 cm³/mol. The van der Waals surface area contributed by atoms with E-state index in [-0.39, 0.29) is 12.2 Å². The first-order valence-electron chi connectivity index (χ1n) is 12.5. The summed E-state index contributed by atoms with van der Waals surface area (Å²) < 4.78 is 9.05. The summed E-state index contributed by atoms with van der Waals surface area (Å²) in [6, 6.07) is 16.7. The second-order valence-corrected chi connectivity index (χ2v) is 10.7. The number of nitrogens with zero attached hydrogens (tertiary/aromatic N) is 5. The third-order valence-corrected chi connectivity index (χ3v) is 7.91. The Morgan fingerprint density at radius 3 is 2.46 bits per heavy atom. The van der Waals surface area contributed by atoms with Crippen molar-refractivity contribution in [1.29, 1.82) is 0 Å². The van der Waals surface area contributed by atoms with Crippen LogP contribution in [0, 0.1) is 6.92 Å². The van der Waals surface area contributed by atoms with Crippen molar-refractivity contribution in [2.45, 2.75) is 26.8 Å². The van der Waals surface area contributed by atoms with Gasteiger partial charge in [0.2, 0.25) is 0 Å². The van der Waals surface area contributed by atoms with Crippen LogP contribution in [0.25, 0.3) is 11.8 Å². The Kier molecular flexibility index (Phi) is 7.29. The standard InChI is InChI=1S/C29H28ClN5O3S/c1-6-38-28(37)24-18(3)31-29-34(25(24)19-12-14-20(15-13-19)33(4)5)27(36)23(39-29)16-22-17(2)32-35(26(22)30)21-10-8-7-9-11-21/h7-16,25H,6H2,1-5H3/t25-/m1/s1. The normalized spacial score (nSPS) is 15.2. The van der Waals surface area contributed by atoms with Gasteiger partial charge in [-0.15, -0.1) is 0 Å². The van der Waals surface area contributed by atoms with Gasteiger partial charge in [-0.25, -0.2) is 14.5 Å². The fourth-order valence-corrected chi connectivity index (χ4v) is 5.96. The maximum atomic E-state index is 13.9. The summed E-state index contributed by atoms with van der Waals surface area (Å²) in [6.45, 7) is 5.60. The predicted octanol–water partition coefficient (Wildman–Crippen LogP) is 4.01. The molecule has 4 aromatic rings. The Morgan fingerprint density at radius 1 is 1.13 bits per heavy atom. The third-order valence-electron chi connectivity index (χ3n) is 6.57. The lowest BCUT2D eigenvalue weighted by atomic mass is 9.95. The minimum absolute atomic E-state index is 0.218. The Hall–Kier alpha value is -3.95. The molecule has 0 unspecified atom stereocenters. The Bertz CT molecular complexity index is 1770. The van der Waals surface area contributed by atoms with Crippen LogP contribution in [0.4, 0.5) is 5.69 Å². The van der Waals surface area contributed by atoms with E-state index in [2.05, 4.69) is 10.1 Å². The van der Waals surface area contributed by atoms with E-state index in [0.717, 1.165) is 16.9 Å². The summed E-state index contributed by atoms with van der Waals surface area (Å²) in [5.41, 5.74) is 4.56. The highest BCUT2D eigenvalue weighted by Crippen LogP contribution is 2.32. The molecule has 0 bridgehead atoms. The topological polar surface area (TPSA) is 81.7 Å². The van der Waals surface area contributed by atoms with E-state index in [1.807, 2.05) is 80.5 Å². The first kappa shape index (κ1) is 26.6. The number of allylic oxidation sites excluding steroid dienone is 1. The highest BCUT2D eigenvalue weighted by Gasteiger charge is 2.33.